The molecule has 3 aromatic rings. The van der Waals surface area contributed by atoms with Crippen LogP contribution in [0.25, 0.3) is 20.8 Å². The Kier molecular flexibility index (Phi) is 3.25. The van der Waals surface area contributed by atoms with Crippen LogP contribution < -0.4 is 0 Å². The van der Waals surface area contributed by atoms with Crippen molar-refractivity contribution >= 4 is 55.7 Å². The van der Waals surface area contributed by atoms with Crippen molar-refractivity contribution in [1.29, 1.82) is 0 Å². The monoisotopic (exact) mass is 386 g/mol. The van der Waals surface area contributed by atoms with E-state index in [1.54, 1.807) is 17.5 Å². The molecular formula is C13H8ClIN2S. The zero-order valence-electron chi connectivity index (χ0n) is 9.45. The molecule has 18 heavy (non-hydrogen) atoms. The van der Waals surface area contributed by atoms with E-state index in [-0.39, 0.29) is 0 Å². The smallest absolute Gasteiger partial charge is 0.127 e. The van der Waals surface area contributed by atoms with E-state index in [0.29, 0.717) is 0 Å². The highest BCUT2D eigenvalue weighted by Crippen LogP contribution is 2.37. The van der Waals surface area contributed by atoms with E-state index in [1.807, 2.05) is 31.2 Å². The lowest BCUT2D eigenvalue weighted by molar-refractivity contribution is 1.24. The van der Waals surface area contributed by atoms with Crippen LogP contribution in [0.5, 0.6) is 0 Å². The van der Waals surface area contributed by atoms with Gasteiger partial charge in [0.1, 0.15) is 5.01 Å². The van der Waals surface area contributed by atoms with Gasteiger partial charge in [0.25, 0.3) is 0 Å². The summed E-state index contributed by atoms with van der Waals surface area (Å²) < 4.78 is 2.24. The number of aromatic nitrogens is 2. The van der Waals surface area contributed by atoms with Crippen molar-refractivity contribution in [3.05, 3.63) is 44.7 Å². The van der Waals surface area contributed by atoms with Crippen molar-refractivity contribution in [1.82, 2.24) is 9.97 Å². The maximum atomic E-state index is 6.28. The fourth-order valence-corrected chi connectivity index (χ4v) is 4.29. The highest BCUT2D eigenvalue weighted by molar-refractivity contribution is 14.1. The average Bonchev–Trinajstić information content (AvgIpc) is 2.74. The number of aryl methyl sites for hydroxylation is 1. The Morgan fingerprint density at radius 1 is 1.28 bits per heavy atom. The lowest BCUT2D eigenvalue weighted by Crippen LogP contribution is -1.83. The van der Waals surface area contributed by atoms with Gasteiger partial charge in [-0.1, -0.05) is 17.7 Å². The molecule has 0 atom stereocenters. The molecule has 0 aliphatic heterocycles. The second kappa shape index (κ2) is 4.75. The van der Waals surface area contributed by atoms with Crippen LogP contribution in [0.2, 0.25) is 5.02 Å². The zero-order valence-corrected chi connectivity index (χ0v) is 13.2. The average molecular weight is 387 g/mol. The summed E-state index contributed by atoms with van der Waals surface area (Å²) in [4.78, 5) is 8.95. The maximum Gasteiger partial charge on any atom is 0.127 e. The molecular weight excluding hydrogens is 379 g/mol. The summed E-state index contributed by atoms with van der Waals surface area (Å²) >= 11 is 10.2. The van der Waals surface area contributed by atoms with E-state index < -0.39 is 0 Å². The summed E-state index contributed by atoms with van der Waals surface area (Å²) in [5.41, 5.74) is 3.01. The third-order valence-electron chi connectivity index (χ3n) is 2.66. The van der Waals surface area contributed by atoms with Crippen molar-refractivity contribution in [2.45, 2.75) is 6.92 Å². The molecule has 5 heteroatoms. The summed E-state index contributed by atoms with van der Waals surface area (Å²) in [7, 11) is 0. The first-order chi connectivity index (χ1) is 8.66. The molecule has 2 aromatic heterocycles. The number of halogens is 2. The first-order valence-corrected chi connectivity index (χ1v) is 7.60. The van der Waals surface area contributed by atoms with Crippen LogP contribution in [-0.2, 0) is 0 Å². The second-order valence-corrected chi connectivity index (χ2v) is 6.43. The molecule has 0 radical (unpaired) electrons. The molecule has 0 N–H and O–H groups in total. The molecule has 2 heterocycles. The Hall–Kier alpha value is -0.720. The van der Waals surface area contributed by atoms with Gasteiger partial charge in [0.2, 0.25) is 0 Å². The molecule has 0 unspecified atom stereocenters. The van der Waals surface area contributed by atoms with Gasteiger partial charge in [-0.05, 0) is 47.7 Å². The van der Waals surface area contributed by atoms with E-state index in [4.69, 9.17) is 11.6 Å². The van der Waals surface area contributed by atoms with Crippen LogP contribution >= 0.6 is 45.5 Å². The Morgan fingerprint density at radius 2 is 2.11 bits per heavy atom. The predicted molar refractivity (Wildman–Crippen MR) is 85.3 cm³/mol. The Morgan fingerprint density at radius 3 is 2.83 bits per heavy atom. The van der Waals surface area contributed by atoms with Crippen molar-refractivity contribution in [3.63, 3.8) is 0 Å². The van der Waals surface area contributed by atoms with Crippen LogP contribution in [0.3, 0.4) is 0 Å². The summed E-state index contributed by atoms with van der Waals surface area (Å²) in [6, 6.07) is 7.83. The minimum absolute atomic E-state index is 0.742. The number of rotatable bonds is 1. The summed E-state index contributed by atoms with van der Waals surface area (Å²) in [6.07, 6.45) is 1.79. The highest BCUT2D eigenvalue weighted by Gasteiger charge is 2.13. The van der Waals surface area contributed by atoms with Crippen molar-refractivity contribution < 1.29 is 0 Å². The number of benzene rings is 1. The van der Waals surface area contributed by atoms with E-state index in [0.717, 1.165) is 35.1 Å². The van der Waals surface area contributed by atoms with Gasteiger partial charge in [-0.15, -0.1) is 11.3 Å². The summed E-state index contributed by atoms with van der Waals surface area (Å²) in [6.45, 7) is 2.00. The van der Waals surface area contributed by atoms with Gasteiger partial charge in [0.05, 0.1) is 20.9 Å². The van der Waals surface area contributed by atoms with Gasteiger partial charge in [0.15, 0.2) is 0 Å². The van der Waals surface area contributed by atoms with Crippen molar-refractivity contribution in [3.8, 4) is 10.6 Å². The third-order valence-corrected chi connectivity index (χ3v) is 5.07. The van der Waals surface area contributed by atoms with Crippen LogP contribution in [-0.4, -0.2) is 9.97 Å². The maximum absolute atomic E-state index is 6.28. The lowest BCUT2D eigenvalue weighted by Gasteiger charge is -2.02. The van der Waals surface area contributed by atoms with E-state index >= 15 is 0 Å². The SMILES string of the molecule is Cc1nccc2nc(-c3c(Cl)cccc3I)sc12. The topological polar surface area (TPSA) is 25.8 Å². The zero-order chi connectivity index (χ0) is 12.7. The number of hydrogen-bond donors (Lipinski definition) is 0. The molecule has 0 spiro atoms. The van der Waals surface area contributed by atoms with E-state index in [2.05, 4.69) is 32.6 Å². The first-order valence-electron chi connectivity index (χ1n) is 5.33. The fourth-order valence-electron chi connectivity index (χ4n) is 1.79. The molecule has 0 bridgehead atoms. The number of nitrogens with zero attached hydrogens (tertiary/aromatic N) is 2. The Labute approximate surface area is 127 Å². The van der Waals surface area contributed by atoms with E-state index in [1.165, 1.54) is 0 Å². The first kappa shape index (κ1) is 12.3. The van der Waals surface area contributed by atoms with Crippen LogP contribution in [0, 0.1) is 10.5 Å². The fraction of sp³-hybridized carbons (Fsp3) is 0.0769. The molecule has 0 aliphatic rings. The van der Waals surface area contributed by atoms with Gasteiger partial charge in [0, 0.05) is 15.3 Å². The lowest BCUT2D eigenvalue weighted by atomic mass is 10.2. The number of fused-ring (bicyclic) bond motifs is 1. The largest absolute Gasteiger partial charge is 0.260 e. The quantitative estimate of drug-likeness (QED) is 0.555. The van der Waals surface area contributed by atoms with Gasteiger partial charge < -0.3 is 0 Å². The highest BCUT2D eigenvalue weighted by atomic mass is 127. The van der Waals surface area contributed by atoms with Crippen molar-refractivity contribution in [2.75, 3.05) is 0 Å². The molecule has 0 amide bonds. The Balaban J connectivity index is 2.30. The molecule has 1 aromatic carbocycles. The Bertz CT molecular complexity index is 719. The van der Waals surface area contributed by atoms with Crippen LogP contribution in [0.15, 0.2) is 30.5 Å². The van der Waals surface area contributed by atoms with Gasteiger partial charge in [-0.3, -0.25) is 4.98 Å². The standard InChI is InChI=1S/C13H8ClIN2S/c1-7-12-10(5-6-16-7)17-13(18-12)11-8(14)3-2-4-9(11)15/h2-6H,1H3. The summed E-state index contributed by atoms with van der Waals surface area (Å²) in [5.74, 6) is 0. The molecule has 0 saturated heterocycles. The van der Waals surface area contributed by atoms with Crippen molar-refractivity contribution in [2.24, 2.45) is 0 Å². The molecule has 0 fully saturated rings. The van der Waals surface area contributed by atoms with Crippen LogP contribution in [0.4, 0.5) is 0 Å². The normalized spacial score (nSPS) is 11.1. The third kappa shape index (κ3) is 2.02. The molecule has 2 nitrogen and oxygen atoms in total. The van der Waals surface area contributed by atoms with Crippen LogP contribution in [0.1, 0.15) is 5.69 Å². The predicted octanol–water partition coefficient (Wildman–Crippen LogP) is 4.92. The minimum Gasteiger partial charge on any atom is -0.260 e. The molecule has 90 valence electrons. The second-order valence-electron chi connectivity index (χ2n) is 3.86. The van der Waals surface area contributed by atoms with Gasteiger partial charge in [-0.2, -0.15) is 0 Å². The number of pyridine rings is 1. The molecule has 3 rings (SSSR count). The number of hydrogen-bond acceptors (Lipinski definition) is 3. The molecule has 0 aliphatic carbocycles. The summed E-state index contributed by atoms with van der Waals surface area (Å²) in [5, 5.41) is 1.70. The van der Waals surface area contributed by atoms with Gasteiger partial charge in [-0.25, -0.2) is 4.98 Å². The minimum atomic E-state index is 0.742. The number of thiazole rings is 1. The molecule has 0 saturated carbocycles. The van der Waals surface area contributed by atoms with E-state index in [9.17, 15) is 0 Å². The van der Waals surface area contributed by atoms with Gasteiger partial charge >= 0.3 is 0 Å².